The molecule has 0 aliphatic carbocycles. The molecule has 1 aromatic rings. The molecule has 1 heterocycles. The quantitative estimate of drug-likeness (QED) is 0.756. The van der Waals surface area contributed by atoms with Crippen LogP contribution < -0.4 is 5.32 Å². The molecule has 1 fully saturated rings. The molecule has 1 N–H and O–H groups in total. The summed E-state index contributed by atoms with van der Waals surface area (Å²) >= 11 is 0. The average molecular weight is 210 g/mol. The minimum absolute atomic E-state index is 0.342. The van der Waals surface area contributed by atoms with E-state index in [0.717, 1.165) is 5.06 Å². The van der Waals surface area contributed by atoms with Crippen LogP contribution >= 0.6 is 0 Å². The van der Waals surface area contributed by atoms with Gasteiger partial charge >= 0.3 is 6.03 Å². The molecule has 2 rings (SSSR count). The third-order valence-corrected chi connectivity index (χ3v) is 2.08. The van der Waals surface area contributed by atoms with Crippen LogP contribution in [0.3, 0.4) is 0 Å². The zero-order valence-corrected chi connectivity index (χ0v) is 8.24. The molecule has 0 saturated carbocycles. The van der Waals surface area contributed by atoms with Gasteiger partial charge in [0.05, 0.1) is 0 Å². The Kier molecular flexibility index (Phi) is 2.55. The summed E-state index contributed by atoms with van der Waals surface area (Å²) < 4.78 is 13.3. The summed E-state index contributed by atoms with van der Waals surface area (Å²) in [6.07, 6.45) is -0.585. The predicted molar refractivity (Wildman–Crippen MR) is 51.1 cm³/mol. The molecule has 1 saturated heterocycles. The Labute approximate surface area is 86.6 Å². The number of halogens is 1. The van der Waals surface area contributed by atoms with E-state index in [-0.39, 0.29) is 11.8 Å². The summed E-state index contributed by atoms with van der Waals surface area (Å²) in [5, 5.41) is 3.68. The van der Waals surface area contributed by atoms with Gasteiger partial charge in [-0.2, -0.15) is 5.06 Å². The van der Waals surface area contributed by atoms with Crippen LogP contribution in [0.5, 0.6) is 0 Å². The van der Waals surface area contributed by atoms with Gasteiger partial charge in [-0.05, 0) is 13.0 Å². The van der Waals surface area contributed by atoms with Crippen molar-refractivity contribution >= 4 is 6.03 Å². The number of hydroxylamine groups is 2. The van der Waals surface area contributed by atoms with E-state index < -0.39 is 6.23 Å². The maximum Gasteiger partial charge on any atom is 0.344 e. The number of hydrogen-bond acceptors (Lipinski definition) is 2. The topological polar surface area (TPSA) is 44.6 Å². The highest BCUT2D eigenvalue weighted by atomic mass is 19.1. The van der Waals surface area contributed by atoms with Crippen molar-refractivity contribution in [2.45, 2.75) is 13.2 Å². The van der Waals surface area contributed by atoms with Crippen LogP contribution in [0.1, 0.15) is 18.7 Å². The number of nitrogens with zero attached hydrogens (tertiary/aromatic N) is 1. The van der Waals surface area contributed by atoms with Crippen molar-refractivity contribution in [2.75, 3.05) is 6.54 Å². The molecular weight excluding hydrogens is 199 g/mol. The number of carbonyl (C=O) groups excluding carboxylic acids is 1. The summed E-state index contributed by atoms with van der Waals surface area (Å²) in [5.74, 6) is -0.366. The number of benzene rings is 1. The van der Waals surface area contributed by atoms with E-state index in [4.69, 9.17) is 4.84 Å². The lowest BCUT2D eigenvalue weighted by atomic mass is 10.2. The first-order valence-corrected chi connectivity index (χ1v) is 4.72. The first kappa shape index (κ1) is 9.92. The molecule has 0 spiro atoms. The van der Waals surface area contributed by atoms with E-state index in [1.165, 1.54) is 6.07 Å². The van der Waals surface area contributed by atoms with Crippen LogP contribution in [0.25, 0.3) is 0 Å². The predicted octanol–water partition coefficient (Wildman–Crippen LogP) is 1.80. The maximum absolute atomic E-state index is 13.3. The number of nitrogens with one attached hydrogen (secondary N) is 1. The van der Waals surface area contributed by atoms with Crippen molar-refractivity contribution in [3.05, 3.63) is 35.6 Å². The van der Waals surface area contributed by atoms with Crippen molar-refractivity contribution in [3.63, 3.8) is 0 Å². The molecule has 1 aliphatic rings. The molecule has 1 unspecified atom stereocenters. The largest absolute Gasteiger partial charge is 0.344 e. The van der Waals surface area contributed by atoms with Crippen molar-refractivity contribution in [1.82, 2.24) is 10.4 Å². The van der Waals surface area contributed by atoms with Gasteiger partial charge in [-0.3, -0.25) is 0 Å². The number of rotatable bonds is 2. The van der Waals surface area contributed by atoms with Crippen LogP contribution in [0, 0.1) is 5.82 Å². The van der Waals surface area contributed by atoms with Gasteiger partial charge in [-0.1, -0.05) is 18.2 Å². The fourth-order valence-electron chi connectivity index (χ4n) is 1.32. The van der Waals surface area contributed by atoms with E-state index in [2.05, 4.69) is 5.32 Å². The number of hydrogen-bond donors (Lipinski definition) is 1. The Morgan fingerprint density at radius 2 is 2.33 bits per heavy atom. The Balaban J connectivity index is 2.05. The zero-order valence-electron chi connectivity index (χ0n) is 8.24. The van der Waals surface area contributed by atoms with Crippen LogP contribution in [0.4, 0.5) is 9.18 Å². The van der Waals surface area contributed by atoms with Gasteiger partial charge in [0.2, 0.25) is 6.23 Å². The van der Waals surface area contributed by atoms with Gasteiger partial charge in [0.25, 0.3) is 0 Å². The van der Waals surface area contributed by atoms with Gasteiger partial charge in [0.1, 0.15) is 5.82 Å². The minimum Gasteiger partial charge on any atom is -0.336 e. The lowest BCUT2D eigenvalue weighted by molar-refractivity contribution is 0.177. The van der Waals surface area contributed by atoms with Crippen LogP contribution in [-0.2, 0) is 4.84 Å². The summed E-state index contributed by atoms with van der Waals surface area (Å²) in [6, 6.07) is 5.89. The number of carbonyl (C=O) groups is 1. The maximum atomic E-state index is 13.3. The highest BCUT2D eigenvalue weighted by Gasteiger charge is 2.43. The van der Waals surface area contributed by atoms with E-state index >= 15 is 0 Å². The summed E-state index contributed by atoms with van der Waals surface area (Å²) in [7, 11) is 0. The minimum atomic E-state index is -0.585. The zero-order chi connectivity index (χ0) is 10.8. The van der Waals surface area contributed by atoms with Gasteiger partial charge in [0, 0.05) is 12.1 Å². The lowest BCUT2D eigenvalue weighted by Gasteiger charge is -2.00. The van der Waals surface area contributed by atoms with Crippen LogP contribution in [0.2, 0.25) is 0 Å². The Morgan fingerprint density at radius 1 is 1.60 bits per heavy atom. The molecule has 0 bridgehead atoms. The first-order valence-electron chi connectivity index (χ1n) is 4.72. The first-order chi connectivity index (χ1) is 7.24. The third kappa shape index (κ3) is 1.92. The SMILES string of the molecule is CCNC(=O)N1OC1c1ccccc1F. The molecule has 0 radical (unpaired) electrons. The van der Waals surface area contributed by atoms with E-state index in [0.29, 0.717) is 12.1 Å². The summed E-state index contributed by atoms with van der Waals surface area (Å²) in [6.45, 7) is 2.32. The third-order valence-electron chi connectivity index (χ3n) is 2.08. The molecule has 0 aromatic heterocycles. The normalized spacial score (nSPS) is 18.8. The second kappa shape index (κ2) is 3.86. The van der Waals surface area contributed by atoms with Crippen molar-refractivity contribution in [3.8, 4) is 0 Å². The highest BCUT2D eigenvalue weighted by Crippen LogP contribution is 2.37. The number of amides is 2. The van der Waals surface area contributed by atoms with E-state index in [1.807, 2.05) is 0 Å². The van der Waals surface area contributed by atoms with E-state index in [9.17, 15) is 9.18 Å². The highest BCUT2D eigenvalue weighted by molar-refractivity contribution is 5.74. The molecule has 2 amide bonds. The molecule has 1 aliphatic heterocycles. The second-order valence-corrected chi connectivity index (χ2v) is 3.14. The standard InChI is InChI=1S/C10H11FN2O2/c1-2-12-10(14)13-9(15-13)7-5-3-4-6-8(7)11/h3-6,9H,2H2,1H3,(H,12,14). The molecule has 15 heavy (non-hydrogen) atoms. The summed E-state index contributed by atoms with van der Waals surface area (Å²) in [5.41, 5.74) is 0.378. The Bertz CT molecular complexity index is 383. The van der Waals surface area contributed by atoms with Crippen LogP contribution in [0.15, 0.2) is 24.3 Å². The van der Waals surface area contributed by atoms with Crippen LogP contribution in [-0.4, -0.2) is 17.6 Å². The average Bonchev–Trinajstić information content (AvgIpc) is 2.98. The van der Waals surface area contributed by atoms with Gasteiger partial charge < -0.3 is 5.32 Å². The van der Waals surface area contributed by atoms with Gasteiger partial charge in [-0.25, -0.2) is 14.0 Å². The fraction of sp³-hybridized carbons (Fsp3) is 0.300. The Morgan fingerprint density at radius 3 is 3.00 bits per heavy atom. The summed E-state index contributed by atoms with van der Waals surface area (Å²) in [4.78, 5) is 16.2. The Hall–Kier alpha value is -1.62. The fourth-order valence-corrected chi connectivity index (χ4v) is 1.32. The molecule has 1 aromatic carbocycles. The van der Waals surface area contributed by atoms with Crippen molar-refractivity contribution in [2.24, 2.45) is 0 Å². The lowest BCUT2D eigenvalue weighted by Crippen LogP contribution is -2.28. The van der Waals surface area contributed by atoms with Crippen molar-refractivity contribution in [1.29, 1.82) is 0 Å². The smallest absolute Gasteiger partial charge is 0.336 e. The molecule has 1 atom stereocenters. The van der Waals surface area contributed by atoms with E-state index in [1.54, 1.807) is 25.1 Å². The monoisotopic (exact) mass is 210 g/mol. The van der Waals surface area contributed by atoms with Gasteiger partial charge in [0.15, 0.2) is 0 Å². The van der Waals surface area contributed by atoms with Gasteiger partial charge in [-0.15, -0.1) is 0 Å². The second-order valence-electron chi connectivity index (χ2n) is 3.14. The van der Waals surface area contributed by atoms with Crippen molar-refractivity contribution < 1.29 is 14.0 Å². The molecule has 4 nitrogen and oxygen atoms in total. The molecular formula is C10H11FN2O2. The molecule has 5 heteroatoms. The molecule has 80 valence electrons. The number of urea groups is 1.